The van der Waals surface area contributed by atoms with Crippen LogP contribution < -0.4 is 5.32 Å². The van der Waals surface area contributed by atoms with Crippen LogP contribution in [0.1, 0.15) is 34.7 Å². The van der Waals surface area contributed by atoms with Gasteiger partial charge in [0.2, 0.25) is 11.8 Å². The topological polar surface area (TPSA) is 49.4 Å². The molecule has 6 heteroatoms. The largest absolute Gasteiger partial charge is 0.350 e. The Morgan fingerprint density at radius 3 is 2.08 bits per heavy atom. The quantitative estimate of drug-likeness (QED) is 0.263. The molecule has 1 N–H and O–H groups in total. The molecule has 0 aromatic heterocycles. The van der Waals surface area contributed by atoms with Gasteiger partial charge in [-0.1, -0.05) is 103 Å². The molecule has 0 heterocycles. The molecule has 37 heavy (non-hydrogen) atoms. The van der Waals surface area contributed by atoms with E-state index in [2.05, 4.69) is 5.32 Å². The summed E-state index contributed by atoms with van der Waals surface area (Å²) in [5.74, 6) is -0.848. The second-order valence-corrected chi connectivity index (χ2v) is 9.16. The highest BCUT2D eigenvalue weighted by atomic mass is 35.5. The molecule has 1 atom stereocenters. The second-order valence-electron chi connectivity index (χ2n) is 8.76. The Hall–Kier alpha value is -3.96. The molecule has 4 rings (SSSR count). The van der Waals surface area contributed by atoms with E-state index in [1.54, 1.807) is 23.1 Å². The highest BCUT2D eigenvalue weighted by molar-refractivity contribution is 6.31. The van der Waals surface area contributed by atoms with E-state index in [0.29, 0.717) is 17.0 Å². The minimum absolute atomic E-state index is 0.160. The summed E-state index contributed by atoms with van der Waals surface area (Å²) < 4.78 is 13.6. The Labute approximate surface area is 221 Å². The predicted molar refractivity (Wildman–Crippen MR) is 144 cm³/mol. The fourth-order valence-corrected chi connectivity index (χ4v) is 4.38. The Morgan fingerprint density at radius 2 is 1.41 bits per heavy atom. The van der Waals surface area contributed by atoms with E-state index in [4.69, 9.17) is 11.6 Å². The van der Waals surface area contributed by atoms with Crippen molar-refractivity contribution in [3.05, 3.63) is 142 Å². The summed E-state index contributed by atoms with van der Waals surface area (Å²) in [6, 6.07) is 31.4. The van der Waals surface area contributed by atoms with Gasteiger partial charge in [0.25, 0.3) is 0 Å². The van der Waals surface area contributed by atoms with Crippen molar-refractivity contribution in [2.75, 3.05) is 0 Å². The van der Waals surface area contributed by atoms with E-state index in [1.807, 2.05) is 78.9 Å². The smallest absolute Gasteiger partial charge is 0.247 e. The van der Waals surface area contributed by atoms with Crippen LogP contribution in [0.3, 0.4) is 0 Å². The lowest BCUT2D eigenvalue weighted by Crippen LogP contribution is -2.43. The van der Waals surface area contributed by atoms with Crippen molar-refractivity contribution in [1.29, 1.82) is 0 Å². The van der Waals surface area contributed by atoms with Crippen LogP contribution in [0.15, 0.2) is 109 Å². The molecule has 4 nitrogen and oxygen atoms in total. The molecule has 2 amide bonds. The van der Waals surface area contributed by atoms with Crippen molar-refractivity contribution in [3.63, 3.8) is 0 Å². The number of nitrogens with one attached hydrogen (secondary N) is 1. The molecule has 0 aliphatic heterocycles. The van der Waals surface area contributed by atoms with Crippen LogP contribution in [0.5, 0.6) is 0 Å². The summed E-state index contributed by atoms with van der Waals surface area (Å²) in [5, 5.41) is 3.52. The Kier molecular flexibility index (Phi) is 9.06. The number of aryl methyl sites for hydroxylation is 1. The molecule has 4 aromatic rings. The Balaban J connectivity index is 1.63. The fourth-order valence-electron chi connectivity index (χ4n) is 4.18. The monoisotopic (exact) mass is 514 g/mol. The summed E-state index contributed by atoms with van der Waals surface area (Å²) in [4.78, 5) is 28.9. The Bertz CT molecular complexity index is 1310. The van der Waals surface area contributed by atoms with Gasteiger partial charge in [0.1, 0.15) is 11.9 Å². The number of hydrogen-bond donors (Lipinski definition) is 1. The summed E-state index contributed by atoms with van der Waals surface area (Å²) in [7, 11) is 0. The number of benzene rings is 4. The third-order valence-corrected chi connectivity index (χ3v) is 6.51. The average Bonchev–Trinajstić information content (AvgIpc) is 2.93. The molecule has 0 saturated heterocycles. The first-order chi connectivity index (χ1) is 18.0. The molecule has 0 spiro atoms. The number of carbonyl (C=O) groups is 2. The van der Waals surface area contributed by atoms with Gasteiger partial charge >= 0.3 is 0 Å². The molecule has 188 valence electrons. The predicted octanol–water partition coefficient (Wildman–Crippen LogP) is 6.50. The van der Waals surface area contributed by atoms with Gasteiger partial charge in [-0.3, -0.25) is 9.59 Å². The summed E-state index contributed by atoms with van der Waals surface area (Å²) in [5.41, 5.74) is 3.24. The van der Waals surface area contributed by atoms with E-state index in [0.717, 1.165) is 16.7 Å². The molecular weight excluding hydrogens is 487 g/mol. The number of hydrogen-bond acceptors (Lipinski definition) is 2. The van der Waals surface area contributed by atoms with Gasteiger partial charge in [0.15, 0.2) is 0 Å². The second kappa shape index (κ2) is 12.8. The summed E-state index contributed by atoms with van der Waals surface area (Å²) in [6.45, 7) is 0.386. The molecular formula is C31H28ClFN2O2. The van der Waals surface area contributed by atoms with Gasteiger partial charge < -0.3 is 10.2 Å². The minimum atomic E-state index is -0.878. The average molecular weight is 515 g/mol. The molecule has 4 aromatic carbocycles. The van der Waals surface area contributed by atoms with E-state index >= 15 is 0 Å². The van der Waals surface area contributed by atoms with Crippen LogP contribution in [0.2, 0.25) is 5.02 Å². The first-order valence-electron chi connectivity index (χ1n) is 12.1. The van der Waals surface area contributed by atoms with Crippen molar-refractivity contribution in [3.8, 4) is 0 Å². The summed E-state index contributed by atoms with van der Waals surface area (Å²) >= 11 is 6.29. The van der Waals surface area contributed by atoms with Crippen molar-refractivity contribution < 1.29 is 14.0 Å². The van der Waals surface area contributed by atoms with E-state index in [-0.39, 0.29) is 37.1 Å². The highest BCUT2D eigenvalue weighted by Gasteiger charge is 2.31. The molecule has 0 fully saturated rings. The van der Waals surface area contributed by atoms with Crippen LogP contribution in [-0.4, -0.2) is 16.7 Å². The van der Waals surface area contributed by atoms with Crippen molar-refractivity contribution >= 4 is 23.4 Å². The van der Waals surface area contributed by atoms with Crippen LogP contribution in [0, 0.1) is 5.82 Å². The number of amides is 2. The van der Waals surface area contributed by atoms with Crippen LogP contribution in [0.25, 0.3) is 0 Å². The van der Waals surface area contributed by atoms with Crippen molar-refractivity contribution in [1.82, 2.24) is 10.2 Å². The van der Waals surface area contributed by atoms with Crippen LogP contribution in [-0.2, 0) is 29.1 Å². The highest BCUT2D eigenvalue weighted by Crippen LogP contribution is 2.26. The van der Waals surface area contributed by atoms with Crippen molar-refractivity contribution in [2.24, 2.45) is 0 Å². The molecule has 1 unspecified atom stereocenters. The van der Waals surface area contributed by atoms with E-state index < -0.39 is 6.04 Å². The van der Waals surface area contributed by atoms with Crippen LogP contribution >= 0.6 is 11.6 Å². The normalized spacial score (nSPS) is 11.5. The van der Waals surface area contributed by atoms with Crippen LogP contribution in [0.4, 0.5) is 4.39 Å². The SMILES string of the molecule is O=C(NCc1ccccc1Cl)C(c1ccccc1)N(Cc1ccc(F)cc1)C(=O)CCc1ccccc1. The number of halogens is 2. The molecule has 0 bridgehead atoms. The third kappa shape index (κ3) is 7.28. The minimum Gasteiger partial charge on any atom is -0.350 e. The lowest BCUT2D eigenvalue weighted by Gasteiger charge is -2.32. The number of rotatable bonds is 10. The van der Waals surface area contributed by atoms with Gasteiger partial charge in [-0.2, -0.15) is 0 Å². The molecule has 0 aliphatic rings. The zero-order valence-electron chi connectivity index (χ0n) is 20.3. The first-order valence-corrected chi connectivity index (χ1v) is 12.5. The lowest BCUT2D eigenvalue weighted by atomic mass is 10.0. The first kappa shape index (κ1) is 26.1. The molecule has 0 aliphatic carbocycles. The van der Waals surface area contributed by atoms with Gasteiger partial charge in [-0.25, -0.2) is 4.39 Å². The maximum absolute atomic E-state index is 13.7. The lowest BCUT2D eigenvalue weighted by molar-refractivity contribution is -0.141. The van der Waals surface area contributed by atoms with Gasteiger partial charge in [0.05, 0.1) is 0 Å². The third-order valence-electron chi connectivity index (χ3n) is 6.14. The molecule has 0 saturated carbocycles. The molecule has 0 radical (unpaired) electrons. The summed E-state index contributed by atoms with van der Waals surface area (Å²) in [6.07, 6.45) is 0.772. The van der Waals surface area contributed by atoms with Gasteiger partial charge in [-0.15, -0.1) is 0 Å². The van der Waals surface area contributed by atoms with E-state index in [9.17, 15) is 14.0 Å². The van der Waals surface area contributed by atoms with Crippen molar-refractivity contribution in [2.45, 2.75) is 32.0 Å². The number of nitrogens with zero attached hydrogens (tertiary/aromatic N) is 1. The maximum atomic E-state index is 13.7. The zero-order valence-corrected chi connectivity index (χ0v) is 21.1. The van der Waals surface area contributed by atoms with Gasteiger partial charge in [0, 0.05) is 24.5 Å². The zero-order chi connectivity index (χ0) is 26.0. The standard InChI is InChI=1S/C31H28ClFN2O2/c32-28-14-8-7-13-26(28)21-34-31(37)30(25-11-5-2-6-12-25)35(22-24-15-18-27(33)19-16-24)29(36)20-17-23-9-3-1-4-10-23/h1-16,18-19,30H,17,20-22H2,(H,34,37). The fraction of sp³-hybridized carbons (Fsp3) is 0.161. The van der Waals surface area contributed by atoms with E-state index in [1.165, 1.54) is 12.1 Å². The number of carbonyl (C=O) groups excluding carboxylic acids is 2. The van der Waals surface area contributed by atoms with Gasteiger partial charge in [-0.05, 0) is 46.9 Å². The Morgan fingerprint density at radius 1 is 0.784 bits per heavy atom. The maximum Gasteiger partial charge on any atom is 0.247 e.